The van der Waals surface area contributed by atoms with Crippen molar-refractivity contribution in [1.82, 2.24) is 25.1 Å². The van der Waals surface area contributed by atoms with E-state index in [9.17, 15) is 14.3 Å². The van der Waals surface area contributed by atoms with Crippen LogP contribution in [0.15, 0.2) is 47.2 Å². The van der Waals surface area contributed by atoms with E-state index in [1.807, 2.05) is 12.1 Å². The van der Waals surface area contributed by atoms with E-state index < -0.39 is 5.82 Å². The SMILES string of the molecule is COc1cc2c(Nc3cc(CC(=O)Nc4ccc(Br)cc4F)[nH]n3)ncnc2cc1OCCCN1CCC(CO)CC1. The second kappa shape index (κ2) is 13.9. The first-order chi connectivity index (χ1) is 20.4. The predicted octanol–water partition coefficient (Wildman–Crippen LogP) is 4.66. The molecule has 0 radical (unpaired) electrons. The zero-order valence-corrected chi connectivity index (χ0v) is 24.8. The van der Waals surface area contributed by atoms with E-state index in [2.05, 4.69) is 51.6 Å². The number of nitrogens with zero attached hydrogens (tertiary/aromatic N) is 4. The average Bonchev–Trinajstić information content (AvgIpc) is 3.43. The number of amides is 1. The van der Waals surface area contributed by atoms with Crippen molar-refractivity contribution in [3.63, 3.8) is 0 Å². The summed E-state index contributed by atoms with van der Waals surface area (Å²) in [6.45, 7) is 3.77. The fourth-order valence-corrected chi connectivity index (χ4v) is 5.23. The second-order valence-corrected chi connectivity index (χ2v) is 11.1. The number of aromatic amines is 1. The summed E-state index contributed by atoms with van der Waals surface area (Å²) in [6.07, 6.45) is 4.37. The summed E-state index contributed by atoms with van der Waals surface area (Å²) >= 11 is 3.20. The highest BCUT2D eigenvalue weighted by molar-refractivity contribution is 9.10. The van der Waals surface area contributed by atoms with Crippen molar-refractivity contribution in [1.29, 1.82) is 0 Å². The third-order valence-electron chi connectivity index (χ3n) is 7.20. The summed E-state index contributed by atoms with van der Waals surface area (Å²) in [5.41, 5.74) is 1.31. The second-order valence-electron chi connectivity index (χ2n) is 10.2. The minimum absolute atomic E-state index is 0.0236. The van der Waals surface area contributed by atoms with Gasteiger partial charge in [0.15, 0.2) is 17.3 Å². The summed E-state index contributed by atoms with van der Waals surface area (Å²) in [6, 6.07) is 9.77. The molecule has 0 bridgehead atoms. The number of carbonyl (C=O) groups is 1. The van der Waals surface area contributed by atoms with Gasteiger partial charge in [-0.3, -0.25) is 9.89 Å². The molecule has 1 aliphatic rings. The van der Waals surface area contributed by atoms with Crippen LogP contribution in [-0.2, 0) is 11.2 Å². The molecule has 1 saturated heterocycles. The number of H-pyrrole nitrogens is 1. The molecular weight excluding hydrogens is 609 g/mol. The number of piperidine rings is 1. The van der Waals surface area contributed by atoms with Gasteiger partial charge >= 0.3 is 0 Å². The predicted molar refractivity (Wildman–Crippen MR) is 161 cm³/mol. The number of rotatable bonds is 12. The first-order valence-electron chi connectivity index (χ1n) is 13.8. The number of carbonyl (C=O) groups excluding carboxylic acids is 1. The van der Waals surface area contributed by atoms with Gasteiger partial charge in [-0.25, -0.2) is 14.4 Å². The Morgan fingerprint density at radius 3 is 2.79 bits per heavy atom. The van der Waals surface area contributed by atoms with Crippen molar-refractivity contribution in [2.75, 3.05) is 50.6 Å². The first-order valence-corrected chi connectivity index (χ1v) is 14.6. The lowest BCUT2D eigenvalue weighted by atomic mass is 9.98. The number of aliphatic hydroxyl groups is 1. The molecule has 0 atom stereocenters. The van der Waals surface area contributed by atoms with Crippen LogP contribution in [0.2, 0.25) is 0 Å². The Balaban J connectivity index is 1.19. The van der Waals surface area contributed by atoms with Crippen molar-refractivity contribution in [3.8, 4) is 11.5 Å². The first kappa shape index (κ1) is 29.7. The molecule has 5 rings (SSSR count). The maximum atomic E-state index is 14.1. The quantitative estimate of drug-likeness (QED) is 0.163. The molecule has 1 amide bonds. The molecule has 1 fully saturated rings. The van der Waals surface area contributed by atoms with Crippen LogP contribution in [0.25, 0.3) is 10.9 Å². The van der Waals surface area contributed by atoms with E-state index in [0.29, 0.717) is 56.7 Å². The van der Waals surface area contributed by atoms with E-state index in [1.165, 1.54) is 18.5 Å². The van der Waals surface area contributed by atoms with Crippen LogP contribution in [-0.4, -0.2) is 76.0 Å². The van der Waals surface area contributed by atoms with Gasteiger partial charge in [-0.1, -0.05) is 15.9 Å². The van der Waals surface area contributed by atoms with Crippen LogP contribution in [0.1, 0.15) is 25.0 Å². The molecule has 42 heavy (non-hydrogen) atoms. The summed E-state index contributed by atoms with van der Waals surface area (Å²) in [4.78, 5) is 23.6. The van der Waals surface area contributed by atoms with Crippen LogP contribution in [0, 0.1) is 11.7 Å². The third kappa shape index (κ3) is 7.52. The number of likely N-dealkylation sites (tertiary alicyclic amines) is 1. The van der Waals surface area contributed by atoms with Crippen molar-refractivity contribution >= 4 is 50.1 Å². The molecule has 1 aliphatic heterocycles. The van der Waals surface area contributed by atoms with E-state index >= 15 is 0 Å². The maximum Gasteiger partial charge on any atom is 0.230 e. The normalized spacial score (nSPS) is 14.2. The average molecular weight is 643 g/mol. The number of benzene rings is 2. The fourth-order valence-electron chi connectivity index (χ4n) is 4.89. The molecule has 0 spiro atoms. The van der Waals surface area contributed by atoms with E-state index in [-0.39, 0.29) is 24.6 Å². The van der Waals surface area contributed by atoms with Crippen LogP contribution in [0.4, 0.5) is 21.7 Å². The molecule has 11 nitrogen and oxygen atoms in total. The maximum absolute atomic E-state index is 14.1. The number of aliphatic hydroxyl groups excluding tert-OH is 1. The number of fused-ring (bicyclic) bond motifs is 1. The molecule has 0 aliphatic carbocycles. The van der Waals surface area contributed by atoms with E-state index in [1.54, 1.807) is 19.2 Å². The number of nitrogens with one attached hydrogen (secondary N) is 3. The molecule has 4 aromatic rings. The van der Waals surface area contributed by atoms with Gasteiger partial charge in [0.2, 0.25) is 5.91 Å². The fraction of sp³-hybridized carbons (Fsp3) is 0.379. The number of aromatic nitrogens is 4. The van der Waals surface area contributed by atoms with Gasteiger partial charge in [0.05, 0.1) is 31.3 Å². The van der Waals surface area contributed by atoms with Crippen molar-refractivity contribution in [3.05, 3.63) is 58.7 Å². The molecule has 3 heterocycles. The van der Waals surface area contributed by atoms with E-state index in [4.69, 9.17) is 9.47 Å². The summed E-state index contributed by atoms with van der Waals surface area (Å²) in [5, 5.41) is 22.8. The topological polar surface area (TPSA) is 138 Å². The Morgan fingerprint density at radius 2 is 2.02 bits per heavy atom. The standard InChI is InChI=1S/C29H33BrFN7O4/c1-41-25-14-21-24(15-26(25)42-10-2-7-38-8-5-18(16-39)6-9-38)32-17-33-29(21)35-27-12-20(36-37-27)13-28(40)34-23-4-3-19(30)11-22(23)31/h3-4,11-12,14-15,17-18,39H,2,5-10,13,16H2,1H3,(H,34,40)(H2,32,33,35,36,37). The highest BCUT2D eigenvalue weighted by Crippen LogP contribution is 2.34. The molecule has 4 N–H and O–H groups in total. The number of anilines is 3. The Kier molecular flexibility index (Phi) is 9.82. The van der Waals surface area contributed by atoms with Crippen LogP contribution >= 0.6 is 15.9 Å². The van der Waals surface area contributed by atoms with Gasteiger partial charge in [0.1, 0.15) is 18.0 Å². The molecule has 0 saturated carbocycles. The highest BCUT2D eigenvalue weighted by Gasteiger charge is 2.18. The summed E-state index contributed by atoms with van der Waals surface area (Å²) < 4.78 is 26.3. The van der Waals surface area contributed by atoms with Gasteiger partial charge in [0.25, 0.3) is 0 Å². The van der Waals surface area contributed by atoms with Gasteiger partial charge in [0, 0.05) is 40.8 Å². The number of hydrogen-bond acceptors (Lipinski definition) is 9. The van der Waals surface area contributed by atoms with Crippen LogP contribution < -0.4 is 20.1 Å². The van der Waals surface area contributed by atoms with Crippen LogP contribution in [0.3, 0.4) is 0 Å². The molecule has 222 valence electrons. The third-order valence-corrected chi connectivity index (χ3v) is 7.69. The Morgan fingerprint density at radius 1 is 1.19 bits per heavy atom. The molecule has 2 aromatic heterocycles. The van der Waals surface area contributed by atoms with Gasteiger partial charge in [-0.2, -0.15) is 5.10 Å². The zero-order chi connectivity index (χ0) is 29.5. The summed E-state index contributed by atoms with van der Waals surface area (Å²) in [5.74, 6) is 1.64. The molecular formula is C29H33BrFN7O4. The summed E-state index contributed by atoms with van der Waals surface area (Å²) in [7, 11) is 1.58. The number of methoxy groups -OCH3 is 1. The highest BCUT2D eigenvalue weighted by atomic mass is 79.9. The lowest BCUT2D eigenvalue weighted by Crippen LogP contribution is -2.35. The zero-order valence-electron chi connectivity index (χ0n) is 23.2. The molecule has 13 heteroatoms. The Hall–Kier alpha value is -3.81. The lowest BCUT2D eigenvalue weighted by Gasteiger charge is -2.30. The van der Waals surface area contributed by atoms with Gasteiger partial charge in [-0.05, 0) is 62.5 Å². The Labute approximate surface area is 251 Å². The van der Waals surface area contributed by atoms with Crippen molar-refractivity contribution < 1.29 is 23.8 Å². The largest absolute Gasteiger partial charge is 0.493 e. The monoisotopic (exact) mass is 641 g/mol. The van der Waals surface area contributed by atoms with Gasteiger partial charge < -0.3 is 30.1 Å². The smallest absolute Gasteiger partial charge is 0.230 e. The number of halogens is 2. The minimum Gasteiger partial charge on any atom is -0.493 e. The lowest BCUT2D eigenvalue weighted by molar-refractivity contribution is -0.115. The number of ether oxygens (including phenoxy) is 2. The number of hydrogen-bond donors (Lipinski definition) is 4. The van der Waals surface area contributed by atoms with Crippen LogP contribution in [0.5, 0.6) is 11.5 Å². The Bertz CT molecular complexity index is 1530. The van der Waals surface area contributed by atoms with Crippen molar-refractivity contribution in [2.24, 2.45) is 5.92 Å². The van der Waals surface area contributed by atoms with E-state index in [0.717, 1.165) is 38.9 Å². The molecule has 2 aromatic carbocycles. The van der Waals surface area contributed by atoms with Gasteiger partial charge in [-0.15, -0.1) is 0 Å². The minimum atomic E-state index is -0.528. The molecule has 0 unspecified atom stereocenters. The van der Waals surface area contributed by atoms with Crippen molar-refractivity contribution in [2.45, 2.75) is 25.7 Å².